The van der Waals surface area contributed by atoms with Crippen LogP contribution in [0.2, 0.25) is 0 Å². The molecule has 1 aliphatic rings. The number of carbonyl (C=O) groups is 1. The predicted molar refractivity (Wildman–Crippen MR) is 82.3 cm³/mol. The summed E-state index contributed by atoms with van der Waals surface area (Å²) in [6, 6.07) is 10.1. The molecule has 1 amide bonds. The maximum atomic E-state index is 12.2. The van der Waals surface area contributed by atoms with E-state index in [0.717, 1.165) is 19.3 Å². The van der Waals surface area contributed by atoms with Gasteiger partial charge in [0.05, 0.1) is 5.54 Å². The molecule has 0 aliphatic heterocycles. The summed E-state index contributed by atoms with van der Waals surface area (Å²) in [7, 11) is 0. The van der Waals surface area contributed by atoms with Gasteiger partial charge in [-0.2, -0.15) is 0 Å². The zero-order chi connectivity index (χ0) is 14.4. The van der Waals surface area contributed by atoms with Gasteiger partial charge in [-0.25, -0.2) is 0 Å². The Labute approximate surface area is 121 Å². The van der Waals surface area contributed by atoms with Crippen molar-refractivity contribution in [3.63, 3.8) is 0 Å². The lowest BCUT2D eigenvalue weighted by atomic mass is 9.73. The number of rotatable bonds is 5. The third kappa shape index (κ3) is 3.60. The van der Waals surface area contributed by atoms with Gasteiger partial charge in [0.25, 0.3) is 0 Å². The highest BCUT2D eigenvalue weighted by Crippen LogP contribution is 2.32. The summed E-state index contributed by atoms with van der Waals surface area (Å²) < 4.78 is 0. The van der Waals surface area contributed by atoms with Crippen LogP contribution in [-0.4, -0.2) is 18.0 Å². The maximum absolute atomic E-state index is 12.2. The Hall–Kier alpha value is -1.35. The molecule has 0 heterocycles. The van der Waals surface area contributed by atoms with Crippen molar-refractivity contribution >= 4 is 5.91 Å². The smallest absolute Gasteiger partial charge is 0.220 e. The van der Waals surface area contributed by atoms with Gasteiger partial charge in [-0.1, -0.05) is 50.1 Å². The minimum Gasteiger partial charge on any atom is -0.349 e. The highest BCUT2D eigenvalue weighted by Gasteiger charge is 2.37. The Morgan fingerprint density at radius 1 is 1.35 bits per heavy atom. The molecule has 0 aromatic heterocycles. The number of benzene rings is 1. The number of carbonyl (C=O) groups excluding carboxylic acids is 1. The normalized spacial score (nSPS) is 26.2. The van der Waals surface area contributed by atoms with Crippen LogP contribution in [0.5, 0.6) is 0 Å². The lowest BCUT2D eigenvalue weighted by molar-refractivity contribution is -0.124. The van der Waals surface area contributed by atoms with Crippen molar-refractivity contribution in [2.24, 2.45) is 11.7 Å². The fraction of sp³-hybridized carbons (Fsp3) is 0.588. The topological polar surface area (TPSA) is 55.1 Å². The zero-order valence-corrected chi connectivity index (χ0v) is 12.4. The molecule has 1 aliphatic carbocycles. The highest BCUT2D eigenvalue weighted by atomic mass is 16.1. The van der Waals surface area contributed by atoms with Crippen molar-refractivity contribution in [3.8, 4) is 0 Å². The summed E-state index contributed by atoms with van der Waals surface area (Å²) in [4.78, 5) is 12.2. The third-order valence-electron chi connectivity index (χ3n) is 4.69. The number of hydrogen-bond acceptors (Lipinski definition) is 2. The second-order valence-corrected chi connectivity index (χ2v) is 6.04. The molecule has 0 saturated heterocycles. The molecule has 110 valence electrons. The minimum absolute atomic E-state index is 0.132. The van der Waals surface area contributed by atoms with E-state index in [-0.39, 0.29) is 11.4 Å². The van der Waals surface area contributed by atoms with Gasteiger partial charge in [-0.3, -0.25) is 4.79 Å². The molecule has 2 unspecified atom stereocenters. The summed E-state index contributed by atoms with van der Waals surface area (Å²) in [5.74, 6) is 0.606. The Kier molecular flexibility index (Phi) is 5.18. The second kappa shape index (κ2) is 6.89. The van der Waals surface area contributed by atoms with Gasteiger partial charge in [0, 0.05) is 13.0 Å². The molecule has 1 saturated carbocycles. The Morgan fingerprint density at radius 2 is 2.10 bits per heavy atom. The van der Waals surface area contributed by atoms with Crippen molar-refractivity contribution in [2.75, 3.05) is 6.54 Å². The van der Waals surface area contributed by atoms with Gasteiger partial charge < -0.3 is 11.1 Å². The summed E-state index contributed by atoms with van der Waals surface area (Å²) in [5, 5.41) is 3.24. The molecule has 1 aromatic carbocycles. The predicted octanol–water partition coefficient (Wildman–Crippen LogP) is 2.64. The van der Waals surface area contributed by atoms with Crippen LogP contribution >= 0.6 is 0 Å². The molecule has 0 bridgehead atoms. The van der Waals surface area contributed by atoms with Crippen molar-refractivity contribution in [2.45, 2.75) is 51.0 Å². The van der Waals surface area contributed by atoms with Crippen LogP contribution in [0.25, 0.3) is 0 Å². The third-order valence-corrected chi connectivity index (χ3v) is 4.69. The van der Waals surface area contributed by atoms with Gasteiger partial charge in [-0.15, -0.1) is 0 Å². The average Bonchev–Trinajstić information content (AvgIpc) is 2.49. The average molecular weight is 274 g/mol. The van der Waals surface area contributed by atoms with E-state index < -0.39 is 0 Å². The first-order valence-corrected chi connectivity index (χ1v) is 7.71. The first-order valence-electron chi connectivity index (χ1n) is 7.71. The summed E-state index contributed by atoms with van der Waals surface area (Å²) in [5.41, 5.74) is 7.00. The van der Waals surface area contributed by atoms with Gasteiger partial charge in [0.1, 0.15) is 0 Å². The zero-order valence-electron chi connectivity index (χ0n) is 12.4. The Morgan fingerprint density at radius 3 is 2.75 bits per heavy atom. The fourth-order valence-corrected chi connectivity index (χ4v) is 3.20. The lowest BCUT2D eigenvalue weighted by Crippen LogP contribution is -2.59. The van der Waals surface area contributed by atoms with Crippen LogP contribution in [0, 0.1) is 5.92 Å². The van der Waals surface area contributed by atoms with E-state index in [1.54, 1.807) is 0 Å². The quantitative estimate of drug-likeness (QED) is 0.867. The SMILES string of the molecule is CC1CCCCC1(CN)NC(=O)CCc1ccccc1. The van der Waals surface area contributed by atoms with Crippen LogP contribution in [0.1, 0.15) is 44.6 Å². The van der Waals surface area contributed by atoms with E-state index in [9.17, 15) is 4.79 Å². The highest BCUT2D eigenvalue weighted by molar-refractivity contribution is 5.77. The first-order chi connectivity index (χ1) is 9.66. The van der Waals surface area contributed by atoms with E-state index in [0.29, 0.717) is 18.9 Å². The lowest BCUT2D eigenvalue weighted by Gasteiger charge is -2.42. The number of hydrogen-bond donors (Lipinski definition) is 2. The Bertz CT molecular complexity index is 432. The summed E-state index contributed by atoms with van der Waals surface area (Å²) in [6.07, 6.45) is 5.93. The number of aryl methyl sites for hydroxylation is 1. The van der Waals surface area contributed by atoms with E-state index in [1.165, 1.54) is 18.4 Å². The van der Waals surface area contributed by atoms with Crippen LogP contribution in [0.15, 0.2) is 30.3 Å². The van der Waals surface area contributed by atoms with E-state index in [2.05, 4.69) is 24.4 Å². The van der Waals surface area contributed by atoms with Gasteiger partial charge in [-0.05, 0) is 30.7 Å². The van der Waals surface area contributed by atoms with Gasteiger partial charge in [0.2, 0.25) is 5.91 Å². The standard InChI is InChI=1S/C17H26N2O/c1-14-7-5-6-12-17(14,13-18)19-16(20)11-10-15-8-3-2-4-9-15/h2-4,8-9,14H,5-7,10-13,18H2,1H3,(H,19,20). The Balaban J connectivity index is 1.89. The van der Waals surface area contributed by atoms with Crippen LogP contribution in [0.4, 0.5) is 0 Å². The maximum Gasteiger partial charge on any atom is 0.220 e. The molecule has 1 fully saturated rings. The molecular weight excluding hydrogens is 248 g/mol. The van der Waals surface area contributed by atoms with E-state index in [4.69, 9.17) is 5.73 Å². The van der Waals surface area contributed by atoms with E-state index >= 15 is 0 Å². The van der Waals surface area contributed by atoms with Crippen molar-refractivity contribution in [1.82, 2.24) is 5.32 Å². The summed E-state index contributed by atoms with van der Waals surface area (Å²) >= 11 is 0. The van der Waals surface area contributed by atoms with Gasteiger partial charge in [0.15, 0.2) is 0 Å². The largest absolute Gasteiger partial charge is 0.349 e. The number of nitrogens with two attached hydrogens (primary N) is 1. The number of nitrogens with one attached hydrogen (secondary N) is 1. The summed E-state index contributed by atoms with van der Waals surface area (Å²) in [6.45, 7) is 2.76. The molecule has 2 atom stereocenters. The first kappa shape index (κ1) is 15.0. The molecule has 3 nitrogen and oxygen atoms in total. The van der Waals surface area contributed by atoms with Gasteiger partial charge >= 0.3 is 0 Å². The molecule has 0 spiro atoms. The molecule has 2 rings (SSSR count). The molecule has 20 heavy (non-hydrogen) atoms. The molecule has 0 radical (unpaired) electrons. The van der Waals surface area contributed by atoms with Crippen LogP contribution in [-0.2, 0) is 11.2 Å². The molecular formula is C17H26N2O. The van der Waals surface area contributed by atoms with Crippen molar-refractivity contribution in [3.05, 3.63) is 35.9 Å². The fourth-order valence-electron chi connectivity index (χ4n) is 3.20. The molecule has 3 heteroatoms. The minimum atomic E-state index is -0.175. The van der Waals surface area contributed by atoms with Crippen LogP contribution in [0.3, 0.4) is 0 Å². The molecule has 3 N–H and O–H groups in total. The number of amides is 1. The van der Waals surface area contributed by atoms with E-state index in [1.807, 2.05) is 18.2 Å². The second-order valence-electron chi connectivity index (χ2n) is 6.04. The molecule has 1 aromatic rings. The van der Waals surface area contributed by atoms with Crippen molar-refractivity contribution < 1.29 is 4.79 Å². The van der Waals surface area contributed by atoms with Crippen molar-refractivity contribution in [1.29, 1.82) is 0 Å². The van der Waals surface area contributed by atoms with Crippen LogP contribution < -0.4 is 11.1 Å². The monoisotopic (exact) mass is 274 g/mol.